The molecule has 0 fully saturated rings. The minimum atomic E-state index is -0.939. The fourth-order valence-electron chi connectivity index (χ4n) is 4.50. The Kier molecular flexibility index (Phi) is 7.83. The summed E-state index contributed by atoms with van der Waals surface area (Å²) in [6.07, 6.45) is 2.21. The van der Waals surface area contributed by atoms with Crippen LogP contribution in [0.25, 0.3) is 21.5 Å². The molecular weight excluding hydrogens is 559 g/mol. The van der Waals surface area contributed by atoms with Crippen LogP contribution in [0.2, 0.25) is 0 Å². The van der Waals surface area contributed by atoms with E-state index in [1.165, 1.54) is 0 Å². The van der Waals surface area contributed by atoms with E-state index < -0.39 is 11.4 Å². The van der Waals surface area contributed by atoms with Crippen LogP contribution in [0.15, 0.2) is 64.3 Å². The standard InChI is InChI=1S/C31H33N3O3S3/c1-19-33-26(18-39-19)37-22-11-12-24-23(15-22)27(40-30(2,3)4)25(16-31(5,6)29(35)36)34(24)17-20-7-9-21(10-8-20)28-32-13-14-38-28/h7-15,18H,16-17H2,1-6H3,(H,35,36). The number of thioether (sulfide) groups is 1. The third-order valence-electron chi connectivity index (χ3n) is 6.48. The number of aryl methyl sites for hydroxylation is 1. The van der Waals surface area contributed by atoms with E-state index in [1.54, 1.807) is 48.3 Å². The first-order chi connectivity index (χ1) is 18.9. The van der Waals surface area contributed by atoms with Crippen molar-refractivity contribution in [1.29, 1.82) is 0 Å². The van der Waals surface area contributed by atoms with Gasteiger partial charge in [-0.15, -0.1) is 34.4 Å². The molecule has 0 spiro atoms. The molecule has 9 heteroatoms. The van der Waals surface area contributed by atoms with Crippen molar-refractivity contribution in [3.8, 4) is 22.2 Å². The van der Waals surface area contributed by atoms with Crippen LogP contribution in [0, 0.1) is 12.3 Å². The maximum Gasteiger partial charge on any atom is 0.309 e. The smallest absolute Gasteiger partial charge is 0.309 e. The molecule has 0 amide bonds. The number of ether oxygens (including phenoxy) is 1. The van der Waals surface area contributed by atoms with Crippen LogP contribution in [0.1, 0.15) is 50.9 Å². The molecule has 6 nitrogen and oxygen atoms in total. The molecule has 0 saturated heterocycles. The lowest BCUT2D eigenvalue weighted by Gasteiger charge is -2.24. The van der Waals surface area contributed by atoms with Crippen LogP contribution in [0.5, 0.6) is 11.6 Å². The van der Waals surface area contributed by atoms with Crippen molar-refractivity contribution in [3.05, 3.63) is 75.7 Å². The van der Waals surface area contributed by atoms with Crippen LogP contribution in [0.3, 0.4) is 0 Å². The molecule has 40 heavy (non-hydrogen) atoms. The zero-order chi connectivity index (χ0) is 28.7. The van der Waals surface area contributed by atoms with Crippen LogP contribution in [0.4, 0.5) is 0 Å². The Morgan fingerprint density at radius 2 is 1.82 bits per heavy atom. The van der Waals surface area contributed by atoms with Crippen molar-refractivity contribution >= 4 is 51.3 Å². The Bertz CT molecular complexity index is 1640. The van der Waals surface area contributed by atoms with Gasteiger partial charge in [0.1, 0.15) is 10.8 Å². The van der Waals surface area contributed by atoms with E-state index in [4.69, 9.17) is 4.74 Å². The Morgan fingerprint density at radius 1 is 1.07 bits per heavy atom. The summed E-state index contributed by atoms with van der Waals surface area (Å²) in [7, 11) is 0. The number of carboxylic acid groups (broad SMARTS) is 1. The number of thiazole rings is 2. The number of rotatable bonds is 9. The highest BCUT2D eigenvalue weighted by atomic mass is 32.2. The molecule has 0 aliphatic rings. The second-order valence-electron chi connectivity index (χ2n) is 11.5. The average molecular weight is 592 g/mol. The molecule has 2 aromatic carbocycles. The number of aromatic nitrogens is 3. The summed E-state index contributed by atoms with van der Waals surface area (Å²) in [6, 6.07) is 14.6. The minimum Gasteiger partial charge on any atom is -0.481 e. The topological polar surface area (TPSA) is 77.2 Å². The number of nitrogens with zero attached hydrogens (tertiary/aromatic N) is 3. The van der Waals surface area contributed by atoms with Crippen molar-refractivity contribution in [2.45, 2.75) is 64.2 Å². The second kappa shape index (κ2) is 11.0. The van der Waals surface area contributed by atoms with Gasteiger partial charge in [-0.1, -0.05) is 45.0 Å². The fraction of sp³-hybridized carbons (Fsp3) is 0.323. The van der Waals surface area contributed by atoms with Gasteiger partial charge >= 0.3 is 5.97 Å². The fourth-order valence-corrected chi connectivity index (χ4v) is 6.85. The van der Waals surface area contributed by atoms with Crippen molar-refractivity contribution in [1.82, 2.24) is 14.5 Å². The lowest BCUT2D eigenvalue weighted by atomic mass is 9.88. The van der Waals surface area contributed by atoms with Gasteiger partial charge in [0.05, 0.1) is 15.8 Å². The summed E-state index contributed by atoms with van der Waals surface area (Å²) in [5.41, 5.74) is 3.36. The minimum absolute atomic E-state index is 0.0839. The van der Waals surface area contributed by atoms with Crippen molar-refractivity contribution in [2.24, 2.45) is 5.41 Å². The Hall–Kier alpha value is -3.14. The number of aliphatic carboxylic acids is 1. The number of hydrogen-bond acceptors (Lipinski definition) is 7. The van der Waals surface area contributed by atoms with E-state index >= 15 is 0 Å². The number of carbonyl (C=O) groups is 1. The largest absolute Gasteiger partial charge is 0.481 e. The average Bonchev–Trinajstić information content (AvgIpc) is 3.61. The molecule has 5 rings (SSSR count). The van der Waals surface area contributed by atoms with E-state index in [-0.39, 0.29) is 4.75 Å². The summed E-state index contributed by atoms with van der Waals surface area (Å²) in [6.45, 7) is 12.7. The van der Waals surface area contributed by atoms with E-state index in [0.29, 0.717) is 24.6 Å². The Morgan fingerprint density at radius 3 is 2.42 bits per heavy atom. The van der Waals surface area contributed by atoms with Crippen molar-refractivity contribution in [3.63, 3.8) is 0 Å². The molecule has 208 valence electrons. The van der Waals surface area contributed by atoms with Crippen LogP contribution in [-0.2, 0) is 17.8 Å². The summed E-state index contributed by atoms with van der Waals surface area (Å²) in [5.74, 6) is 0.480. The third kappa shape index (κ3) is 6.27. The molecule has 3 heterocycles. The molecule has 0 saturated carbocycles. The number of carboxylic acids is 1. The number of hydrogen-bond donors (Lipinski definition) is 1. The summed E-state index contributed by atoms with van der Waals surface area (Å²) in [4.78, 5) is 22.2. The lowest BCUT2D eigenvalue weighted by Crippen LogP contribution is -2.28. The van der Waals surface area contributed by atoms with E-state index in [2.05, 4.69) is 71.7 Å². The first-order valence-electron chi connectivity index (χ1n) is 13.1. The first kappa shape index (κ1) is 28.4. The molecule has 0 aliphatic heterocycles. The van der Waals surface area contributed by atoms with Gasteiger partial charge in [-0.3, -0.25) is 4.79 Å². The predicted octanol–water partition coefficient (Wildman–Crippen LogP) is 8.91. The Labute approximate surface area is 247 Å². The SMILES string of the molecule is Cc1nc(Oc2ccc3c(c2)c(SC(C)(C)C)c(CC(C)(C)C(=O)O)n3Cc2ccc(-c3nccs3)cc2)cs1. The van der Waals surface area contributed by atoms with Gasteiger partial charge in [-0.25, -0.2) is 9.97 Å². The normalized spacial score (nSPS) is 12.2. The third-order valence-corrected chi connectivity index (χ3v) is 9.33. The zero-order valence-electron chi connectivity index (χ0n) is 23.5. The predicted molar refractivity (Wildman–Crippen MR) is 166 cm³/mol. The second-order valence-corrected chi connectivity index (χ2v) is 15.3. The monoisotopic (exact) mass is 591 g/mol. The maximum absolute atomic E-state index is 12.3. The van der Waals surface area contributed by atoms with Gasteiger partial charge in [0.15, 0.2) is 0 Å². The molecule has 1 N–H and O–H groups in total. The molecule has 3 aromatic heterocycles. The van der Waals surface area contributed by atoms with E-state index in [1.807, 2.05) is 29.9 Å². The van der Waals surface area contributed by atoms with Gasteiger partial charge in [-0.05, 0) is 44.5 Å². The highest BCUT2D eigenvalue weighted by Crippen LogP contribution is 2.44. The summed E-state index contributed by atoms with van der Waals surface area (Å²) >= 11 is 4.94. The molecular formula is C31H33N3O3S3. The highest BCUT2D eigenvalue weighted by Gasteiger charge is 2.33. The molecule has 5 aromatic rings. The molecule has 0 radical (unpaired) electrons. The van der Waals surface area contributed by atoms with Crippen molar-refractivity contribution in [2.75, 3.05) is 0 Å². The van der Waals surface area contributed by atoms with E-state index in [9.17, 15) is 9.90 Å². The van der Waals surface area contributed by atoms with Gasteiger partial charge in [0.25, 0.3) is 0 Å². The Balaban J connectivity index is 1.64. The van der Waals surface area contributed by atoms with Crippen molar-refractivity contribution < 1.29 is 14.6 Å². The van der Waals surface area contributed by atoms with Gasteiger partial charge in [0, 0.05) is 56.3 Å². The molecule has 0 bridgehead atoms. The number of fused-ring (bicyclic) bond motifs is 1. The lowest BCUT2D eigenvalue weighted by molar-refractivity contribution is -0.146. The van der Waals surface area contributed by atoms with Crippen LogP contribution in [-0.4, -0.2) is 30.4 Å². The summed E-state index contributed by atoms with van der Waals surface area (Å²) < 4.78 is 8.33. The van der Waals surface area contributed by atoms with Crippen LogP contribution < -0.4 is 4.74 Å². The van der Waals surface area contributed by atoms with Crippen LogP contribution >= 0.6 is 34.4 Å². The summed E-state index contributed by atoms with van der Waals surface area (Å²) in [5, 5.41) is 17.0. The quantitative estimate of drug-likeness (QED) is 0.173. The van der Waals surface area contributed by atoms with Gasteiger partial charge in [0.2, 0.25) is 5.88 Å². The van der Waals surface area contributed by atoms with Gasteiger partial charge in [-0.2, -0.15) is 0 Å². The van der Waals surface area contributed by atoms with Gasteiger partial charge < -0.3 is 14.4 Å². The molecule has 0 aliphatic carbocycles. The first-order valence-corrected chi connectivity index (χ1v) is 15.6. The molecule has 0 unspecified atom stereocenters. The highest BCUT2D eigenvalue weighted by molar-refractivity contribution is 8.00. The van der Waals surface area contributed by atoms with E-state index in [0.717, 1.165) is 42.6 Å². The molecule has 0 atom stereocenters. The maximum atomic E-state index is 12.3. The zero-order valence-corrected chi connectivity index (χ0v) is 26.0. The number of benzene rings is 2.